The van der Waals surface area contributed by atoms with Gasteiger partial charge in [0.2, 0.25) is 11.8 Å². The van der Waals surface area contributed by atoms with E-state index in [9.17, 15) is 9.59 Å². The molecule has 0 aliphatic carbocycles. The van der Waals surface area contributed by atoms with Gasteiger partial charge >= 0.3 is 0 Å². The quantitative estimate of drug-likeness (QED) is 0.389. The van der Waals surface area contributed by atoms with Crippen LogP contribution >= 0.6 is 15.9 Å². The Kier molecular flexibility index (Phi) is 9.05. The topological polar surface area (TPSA) is 49.4 Å². The number of hydrogen-bond donors (Lipinski definition) is 1. The summed E-state index contributed by atoms with van der Waals surface area (Å²) in [4.78, 5) is 28.9. The lowest BCUT2D eigenvalue weighted by Crippen LogP contribution is -2.52. The van der Waals surface area contributed by atoms with E-state index in [1.165, 1.54) is 0 Å². The predicted octanol–water partition coefficient (Wildman–Crippen LogP) is 5.77. The maximum absolute atomic E-state index is 13.8. The summed E-state index contributed by atoms with van der Waals surface area (Å²) in [5, 5.41) is 3.04. The van der Waals surface area contributed by atoms with Crippen LogP contribution in [0.2, 0.25) is 0 Å². The summed E-state index contributed by atoms with van der Waals surface area (Å²) in [5.74, 6) is -0.197. The highest BCUT2D eigenvalue weighted by Crippen LogP contribution is 2.19. The van der Waals surface area contributed by atoms with Crippen molar-refractivity contribution in [1.29, 1.82) is 0 Å². The molecule has 0 radical (unpaired) electrons. The van der Waals surface area contributed by atoms with E-state index in [-0.39, 0.29) is 24.3 Å². The van der Waals surface area contributed by atoms with Crippen molar-refractivity contribution in [3.63, 3.8) is 0 Å². The Bertz CT molecular complexity index is 1090. The summed E-state index contributed by atoms with van der Waals surface area (Å²) in [5.41, 5.74) is 5.21. The molecule has 0 aromatic heterocycles. The highest BCUT2D eigenvalue weighted by Gasteiger charge is 2.30. The summed E-state index contributed by atoms with van der Waals surface area (Å²) in [6.45, 7) is 8.31. The number of halogens is 1. The number of nitrogens with zero attached hydrogens (tertiary/aromatic N) is 1. The SMILES string of the molecule is Cc1cc(C)cc(CC(=O)N(Cc2ccc(Br)cc2)[C@H](Cc2ccccc2)C(=O)NC(C)C)c1. The van der Waals surface area contributed by atoms with Gasteiger partial charge in [-0.15, -0.1) is 0 Å². The van der Waals surface area contributed by atoms with Gasteiger partial charge < -0.3 is 10.2 Å². The second-order valence-electron chi connectivity index (χ2n) is 9.19. The molecule has 2 amide bonds. The van der Waals surface area contributed by atoms with E-state index in [1.807, 2.05) is 94.4 Å². The minimum absolute atomic E-state index is 0.0187. The van der Waals surface area contributed by atoms with Crippen LogP contribution in [0.3, 0.4) is 0 Å². The lowest BCUT2D eigenvalue weighted by Gasteiger charge is -2.32. The van der Waals surface area contributed by atoms with Gasteiger partial charge in [-0.1, -0.05) is 87.7 Å². The zero-order chi connectivity index (χ0) is 24.7. The number of nitrogens with one attached hydrogen (secondary N) is 1. The Hall–Kier alpha value is -2.92. The minimum atomic E-state index is -0.619. The third kappa shape index (κ3) is 7.56. The number of rotatable bonds is 9. The highest BCUT2D eigenvalue weighted by atomic mass is 79.9. The zero-order valence-electron chi connectivity index (χ0n) is 20.3. The summed E-state index contributed by atoms with van der Waals surface area (Å²) in [6.07, 6.45) is 0.702. The van der Waals surface area contributed by atoms with Crippen molar-refractivity contribution in [1.82, 2.24) is 10.2 Å². The van der Waals surface area contributed by atoms with Crippen LogP contribution in [0.5, 0.6) is 0 Å². The second kappa shape index (κ2) is 12.0. The van der Waals surface area contributed by atoms with Crippen LogP contribution in [0.15, 0.2) is 77.3 Å². The Balaban J connectivity index is 1.98. The van der Waals surface area contributed by atoms with Gasteiger partial charge in [-0.3, -0.25) is 9.59 Å². The molecule has 0 bridgehead atoms. The van der Waals surface area contributed by atoms with Crippen LogP contribution in [0.1, 0.15) is 41.7 Å². The van der Waals surface area contributed by atoms with Gasteiger partial charge in [-0.2, -0.15) is 0 Å². The normalized spacial score (nSPS) is 11.8. The van der Waals surface area contributed by atoms with Crippen LogP contribution in [0.25, 0.3) is 0 Å². The van der Waals surface area contributed by atoms with E-state index in [0.717, 1.165) is 32.3 Å². The van der Waals surface area contributed by atoms with Gasteiger partial charge in [0.1, 0.15) is 6.04 Å². The summed E-state index contributed by atoms with van der Waals surface area (Å²) >= 11 is 3.48. The van der Waals surface area contributed by atoms with E-state index in [1.54, 1.807) is 4.90 Å². The summed E-state index contributed by atoms with van der Waals surface area (Å²) in [6, 6.07) is 23.3. The fraction of sp³-hybridized carbons (Fsp3) is 0.310. The Morgan fingerprint density at radius 2 is 1.47 bits per heavy atom. The van der Waals surface area contributed by atoms with Gasteiger partial charge in [-0.25, -0.2) is 0 Å². The lowest BCUT2D eigenvalue weighted by atomic mass is 10.00. The molecule has 3 rings (SSSR count). The van der Waals surface area contributed by atoms with E-state index >= 15 is 0 Å². The van der Waals surface area contributed by atoms with Crippen LogP contribution in [0, 0.1) is 13.8 Å². The Morgan fingerprint density at radius 1 is 0.853 bits per heavy atom. The van der Waals surface area contributed by atoms with Crippen molar-refractivity contribution in [2.45, 2.75) is 59.2 Å². The summed E-state index contributed by atoms with van der Waals surface area (Å²) < 4.78 is 0.975. The zero-order valence-corrected chi connectivity index (χ0v) is 21.9. The first kappa shape index (κ1) is 25.7. The number of amides is 2. The maximum atomic E-state index is 13.8. The Labute approximate surface area is 211 Å². The third-order valence-electron chi connectivity index (χ3n) is 5.61. The minimum Gasteiger partial charge on any atom is -0.352 e. The Morgan fingerprint density at radius 3 is 2.06 bits per heavy atom. The fourth-order valence-electron chi connectivity index (χ4n) is 4.17. The van der Waals surface area contributed by atoms with E-state index < -0.39 is 6.04 Å². The van der Waals surface area contributed by atoms with Gasteiger partial charge in [0.05, 0.1) is 6.42 Å². The molecule has 0 heterocycles. The van der Waals surface area contributed by atoms with Crippen LogP contribution in [-0.2, 0) is 29.0 Å². The predicted molar refractivity (Wildman–Crippen MR) is 142 cm³/mol. The average Bonchev–Trinajstić information content (AvgIpc) is 2.77. The molecule has 0 spiro atoms. The van der Waals surface area contributed by atoms with Gasteiger partial charge in [-0.05, 0) is 56.5 Å². The standard InChI is InChI=1S/C29H33BrN2O2/c1-20(2)31-29(34)27(17-23-8-6-5-7-9-23)32(19-24-10-12-26(30)13-11-24)28(33)18-25-15-21(3)14-22(4)16-25/h5-16,20,27H,17-19H2,1-4H3,(H,31,34)/t27-/m1/s1. The van der Waals surface area contributed by atoms with Crippen molar-refractivity contribution < 1.29 is 9.59 Å². The molecule has 178 valence electrons. The molecule has 0 aliphatic heterocycles. The van der Waals surface area contributed by atoms with Gasteiger partial charge in [0, 0.05) is 23.5 Å². The molecule has 1 atom stereocenters. The largest absolute Gasteiger partial charge is 0.352 e. The van der Waals surface area contributed by atoms with Crippen molar-refractivity contribution in [3.8, 4) is 0 Å². The summed E-state index contributed by atoms with van der Waals surface area (Å²) in [7, 11) is 0. The highest BCUT2D eigenvalue weighted by molar-refractivity contribution is 9.10. The van der Waals surface area contributed by atoms with Gasteiger partial charge in [0.15, 0.2) is 0 Å². The monoisotopic (exact) mass is 520 g/mol. The number of carbonyl (C=O) groups is 2. The first-order valence-corrected chi connectivity index (χ1v) is 12.5. The average molecular weight is 521 g/mol. The van der Waals surface area contributed by atoms with E-state index in [2.05, 4.69) is 27.3 Å². The smallest absolute Gasteiger partial charge is 0.243 e. The van der Waals surface area contributed by atoms with Crippen LogP contribution in [-0.4, -0.2) is 28.8 Å². The molecule has 3 aromatic rings. The number of aryl methyl sites for hydroxylation is 2. The first-order chi connectivity index (χ1) is 16.2. The van der Waals surface area contributed by atoms with Gasteiger partial charge in [0.25, 0.3) is 0 Å². The lowest BCUT2D eigenvalue weighted by molar-refractivity contribution is -0.141. The molecule has 0 aliphatic rings. The molecule has 4 nitrogen and oxygen atoms in total. The van der Waals surface area contributed by atoms with Crippen molar-refractivity contribution in [2.24, 2.45) is 0 Å². The van der Waals surface area contributed by atoms with Crippen LogP contribution in [0.4, 0.5) is 0 Å². The van der Waals surface area contributed by atoms with Crippen LogP contribution < -0.4 is 5.32 Å². The van der Waals surface area contributed by atoms with Crippen molar-refractivity contribution in [2.75, 3.05) is 0 Å². The number of carbonyl (C=O) groups excluding carboxylic acids is 2. The van der Waals surface area contributed by atoms with Crippen molar-refractivity contribution in [3.05, 3.63) is 105 Å². The number of benzene rings is 3. The van der Waals surface area contributed by atoms with E-state index in [0.29, 0.717) is 13.0 Å². The molecule has 34 heavy (non-hydrogen) atoms. The molecule has 0 fully saturated rings. The third-order valence-corrected chi connectivity index (χ3v) is 6.13. The maximum Gasteiger partial charge on any atom is 0.243 e. The number of hydrogen-bond acceptors (Lipinski definition) is 2. The van der Waals surface area contributed by atoms with E-state index in [4.69, 9.17) is 0 Å². The molecule has 1 N–H and O–H groups in total. The molecule has 5 heteroatoms. The molecule has 3 aromatic carbocycles. The molecule has 0 saturated carbocycles. The van der Waals surface area contributed by atoms with Crippen molar-refractivity contribution >= 4 is 27.7 Å². The molecule has 0 unspecified atom stereocenters. The fourth-order valence-corrected chi connectivity index (χ4v) is 4.43. The first-order valence-electron chi connectivity index (χ1n) is 11.7. The molecule has 0 saturated heterocycles. The molecular weight excluding hydrogens is 488 g/mol. The molecular formula is C29H33BrN2O2. The second-order valence-corrected chi connectivity index (χ2v) is 10.1.